The molecule has 0 atom stereocenters. The number of carbonyl (C=O) groups is 1. The molecule has 1 N–H and O–H groups in total. The minimum atomic E-state index is -3.98. The summed E-state index contributed by atoms with van der Waals surface area (Å²) in [6.07, 6.45) is 0. The van der Waals surface area contributed by atoms with E-state index in [1.807, 2.05) is 0 Å². The molecule has 10 heteroatoms. The van der Waals surface area contributed by atoms with Crippen LogP contribution in [0.3, 0.4) is 0 Å². The molecule has 0 aliphatic heterocycles. The van der Waals surface area contributed by atoms with Crippen LogP contribution in [0.1, 0.15) is 11.1 Å². The van der Waals surface area contributed by atoms with Crippen LogP contribution < -0.4 is 5.32 Å². The Morgan fingerprint density at radius 3 is 1.94 bits per heavy atom. The fourth-order valence-electron chi connectivity index (χ4n) is 2.88. The van der Waals surface area contributed by atoms with Gasteiger partial charge in [0.15, 0.2) is 0 Å². The zero-order chi connectivity index (χ0) is 23.3. The largest absolute Gasteiger partial charge is 0.351 e. The third-order valence-corrected chi connectivity index (χ3v) is 7.53. The van der Waals surface area contributed by atoms with Crippen molar-refractivity contribution in [3.8, 4) is 0 Å². The number of nitrogens with one attached hydrogen (secondary N) is 1. The third-order valence-electron chi connectivity index (χ3n) is 4.55. The number of halogens is 4. The monoisotopic (exact) mass is 530 g/mol. The maximum absolute atomic E-state index is 13.3. The summed E-state index contributed by atoms with van der Waals surface area (Å²) >= 11 is 24.2. The van der Waals surface area contributed by atoms with Gasteiger partial charge >= 0.3 is 0 Å². The molecule has 1 amide bonds. The van der Waals surface area contributed by atoms with Gasteiger partial charge in [0.25, 0.3) is 0 Å². The molecule has 32 heavy (non-hydrogen) atoms. The summed E-state index contributed by atoms with van der Waals surface area (Å²) in [7, 11) is -3.98. The van der Waals surface area contributed by atoms with Gasteiger partial charge in [-0.1, -0.05) is 76.7 Å². The lowest BCUT2D eigenvalue weighted by Crippen LogP contribution is -2.40. The predicted molar refractivity (Wildman–Crippen MR) is 129 cm³/mol. The highest BCUT2D eigenvalue weighted by atomic mass is 35.5. The van der Waals surface area contributed by atoms with E-state index in [4.69, 9.17) is 46.4 Å². The first kappa shape index (κ1) is 24.8. The molecule has 0 radical (unpaired) electrons. The highest BCUT2D eigenvalue weighted by Crippen LogP contribution is 2.25. The van der Waals surface area contributed by atoms with Crippen LogP contribution in [-0.2, 0) is 27.9 Å². The Kier molecular flexibility index (Phi) is 8.44. The molecule has 0 aromatic heterocycles. The smallest absolute Gasteiger partial charge is 0.243 e. The number of nitrogens with zero attached hydrogens (tertiary/aromatic N) is 1. The standard InChI is InChI=1S/C22H18Cl4N2O3S/c23-17-8-6-15(20(25)10-17)12-27-22(29)14-28(13-16-7-9-18(24)11-21(16)26)32(30,31)19-4-2-1-3-5-19/h1-11H,12-14H2,(H,27,29). The summed E-state index contributed by atoms with van der Waals surface area (Å²) in [5.41, 5.74) is 1.17. The second kappa shape index (κ2) is 10.9. The highest BCUT2D eigenvalue weighted by molar-refractivity contribution is 7.89. The summed E-state index contributed by atoms with van der Waals surface area (Å²) in [5, 5.41) is 4.30. The van der Waals surface area contributed by atoms with E-state index in [-0.39, 0.29) is 18.0 Å². The van der Waals surface area contributed by atoms with Crippen LogP contribution in [0, 0.1) is 0 Å². The molecule has 0 fully saturated rings. The molecule has 3 aromatic carbocycles. The average Bonchev–Trinajstić information content (AvgIpc) is 2.75. The molecule has 0 aliphatic carbocycles. The minimum absolute atomic E-state index is 0.0682. The maximum Gasteiger partial charge on any atom is 0.243 e. The zero-order valence-corrected chi connectivity index (χ0v) is 20.4. The topological polar surface area (TPSA) is 66.5 Å². The van der Waals surface area contributed by atoms with Crippen LogP contribution in [0.15, 0.2) is 71.6 Å². The van der Waals surface area contributed by atoms with Crippen LogP contribution in [0.2, 0.25) is 20.1 Å². The Balaban J connectivity index is 1.82. The fourth-order valence-corrected chi connectivity index (χ4v) is 5.22. The summed E-state index contributed by atoms with van der Waals surface area (Å²) in [4.78, 5) is 12.7. The van der Waals surface area contributed by atoms with Crippen LogP contribution in [0.25, 0.3) is 0 Å². The van der Waals surface area contributed by atoms with E-state index in [0.717, 1.165) is 4.31 Å². The predicted octanol–water partition coefficient (Wildman–Crippen LogP) is 5.81. The molecular formula is C22H18Cl4N2O3S. The van der Waals surface area contributed by atoms with Gasteiger partial charge in [-0.2, -0.15) is 4.31 Å². The molecule has 0 unspecified atom stereocenters. The number of amides is 1. The number of carbonyl (C=O) groups excluding carboxylic acids is 1. The number of benzene rings is 3. The third kappa shape index (κ3) is 6.38. The molecule has 0 spiro atoms. The number of hydrogen-bond acceptors (Lipinski definition) is 3. The molecule has 0 saturated carbocycles. The van der Waals surface area contributed by atoms with E-state index in [9.17, 15) is 13.2 Å². The Morgan fingerprint density at radius 2 is 1.38 bits per heavy atom. The zero-order valence-electron chi connectivity index (χ0n) is 16.6. The number of sulfonamides is 1. The Labute approximate surface area is 206 Å². The van der Waals surface area contributed by atoms with Crippen molar-refractivity contribution in [3.05, 3.63) is 97.9 Å². The van der Waals surface area contributed by atoms with Crippen LogP contribution >= 0.6 is 46.4 Å². The molecule has 168 valence electrons. The van der Waals surface area contributed by atoms with Crippen LogP contribution in [0.5, 0.6) is 0 Å². The van der Waals surface area contributed by atoms with Gasteiger partial charge in [0, 0.05) is 33.2 Å². The van der Waals surface area contributed by atoms with Crippen molar-refractivity contribution in [2.24, 2.45) is 0 Å². The lowest BCUT2D eigenvalue weighted by Gasteiger charge is -2.22. The van der Waals surface area contributed by atoms with Crippen molar-refractivity contribution in [2.45, 2.75) is 18.0 Å². The fraction of sp³-hybridized carbons (Fsp3) is 0.136. The van der Waals surface area contributed by atoms with Crippen molar-refractivity contribution in [2.75, 3.05) is 6.54 Å². The molecule has 0 aliphatic rings. The molecule has 0 saturated heterocycles. The SMILES string of the molecule is O=C(CN(Cc1ccc(Cl)cc1Cl)S(=O)(=O)c1ccccc1)NCc1ccc(Cl)cc1Cl. The summed E-state index contributed by atoms with van der Waals surface area (Å²) < 4.78 is 27.6. The quantitative estimate of drug-likeness (QED) is 0.399. The Hall–Kier alpha value is -1.80. The van der Waals surface area contributed by atoms with Gasteiger partial charge in [0.1, 0.15) is 0 Å². The van der Waals surface area contributed by atoms with E-state index in [0.29, 0.717) is 31.2 Å². The van der Waals surface area contributed by atoms with E-state index in [1.54, 1.807) is 48.5 Å². The second-order valence-electron chi connectivity index (χ2n) is 6.83. The average molecular weight is 532 g/mol. The van der Waals surface area contributed by atoms with Gasteiger partial charge in [0.2, 0.25) is 15.9 Å². The second-order valence-corrected chi connectivity index (χ2v) is 10.5. The Morgan fingerprint density at radius 1 is 0.812 bits per heavy atom. The number of rotatable bonds is 8. The lowest BCUT2D eigenvalue weighted by molar-refractivity contribution is -0.121. The first-order chi connectivity index (χ1) is 15.2. The van der Waals surface area contributed by atoms with Crippen molar-refractivity contribution in [1.29, 1.82) is 0 Å². The van der Waals surface area contributed by atoms with Crippen molar-refractivity contribution in [3.63, 3.8) is 0 Å². The van der Waals surface area contributed by atoms with E-state index >= 15 is 0 Å². The minimum Gasteiger partial charge on any atom is -0.351 e. The maximum atomic E-state index is 13.3. The van der Waals surface area contributed by atoms with Gasteiger partial charge in [0.05, 0.1) is 11.4 Å². The van der Waals surface area contributed by atoms with Crippen LogP contribution in [-0.4, -0.2) is 25.2 Å². The van der Waals surface area contributed by atoms with Crippen molar-refractivity contribution < 1.29 is 13.2 Å². The van der Waals surface area contributed by atoms with Gasteiger partial charge in [-0.3, -0.25) is 4.79 Å². The van der Waals surface area contributed by atoms with Gasteiger partial charge < -0.3 is 5.32 Å². The normalized spacial score (nSPS) is 11.5. The molecule has 3 rings (SSSR count). The Bertz CT molecular complexity index is 1220. The van der Waals surface area contributed by atoms with E-state index < -0.39 is 22.5 Å². The molecule has 0 heterocycles. The van der Waals surface area contributed by atoms with E-state index in [1.165, 1.54) is 18.2 Å². The lowest BCUT2D eigenvalue weighted by atomic mass is 10.2. The first-order valence-electron chi connectivity index (χ1n) is 9.36. The molecule has 3 aromatic rings. The molecular weight excluding hydrogens is 514 g/mol. The van der Waals surface area contributed by atoms with E-state index in [2.05, 4.69) is 5.32 Å². The van der Waals surface area contributed by atoms with Gasteiger partial charge in [-0.15, -0.1) is 0 Å². The summed E-state index contributed by atoms with van der Waals surface area (Å²) in [5.74, 6) is -0.499. The van der Waals surface area contributed by atoms with Gasteiger partial charge in [-0.05, 0) is 47.5 Å². The van der Waals surface area contributed by atoms with Gasteiger partial charge in [-0.25, -0.2) is 8.42 Å². The molecule has 0 bridgehead atoms. The summed E-state index contributed by atoms with van der Waals surface area (Å²) in [6.45, 7) is -0.403. The summed E-state index contributed by atoms with van der Waals surface area (Å²) in [6, 6.07) is 17.6. The number of hydrogen-bond donors (Lipinski definition) is 1. The van der Waals surface area contributed by atoms with Crippen molar-refractivity contribution >= 4 is 62.3 Å². The van der Waals surface area contributed by atoms with Crippen molar-refractivity contribution in [1.82, 2.24) is 9.62 Å². The van der Waals surface area contributed by atoms with Crippen LogP contribution in [0.4, 0.5) is 0 Å². The first-order valence-corrected chi connectivity index (χ1v) is 12.3. The molecule has 5 nitrogen and oxygen atoms in total. The highest BCUT2D eigenvalue weighted by Gasteiger charge is 2.27.